The molecule has 1 aliphatic rings. The van der Waals surface area contributed by atoms with E-state index >= 15 is 0 Å². The summed E-state index contributed by atoms with van der Waals surface area (Å²) >= 11 is 0. The summed E-state index contributed by atoms with van der Waals surface area (Å²) < 4.78 is 15.4. The Morgan fingerprint density at radius 3 is 2.51 bits per heavy atom. The predicted octanol–water partition coefficient (Wildman–Crippen LogP) is 3.96. The van der Waals surface area contributed by atoms with Crippen molar-refractivity contribution in [3.05, 3.63) is 59.9 Å². The quantitative estimate of drug-likeness (QED) is 0.367. The van der Waals surface area contributed by atoms with Gasteiger partial charge in [-0.25, -0.2) is 9.37 Å². The normalized spacial score (nSPS) is 20.7. The van der Waals surface area contributed by atoms with E-state index in [0.717, 1.165) is 48.5 Å². The van der Waals surface area contributed by atoms with E-state index in [-0.39, 0.29) is 17.0 Å². The summed E-state index contributed by atoms with van der Waals surface area (Å²) in [4.78, 5) is 19.4. The summed E-state index contributed by atoms with van der Waals surface area (Å²) in [5, 5.41) is 6.81. The van der Waals surface area contributed by atoms with Crippen molar-refractivity contribution in [2.45, 2.75) is 62.8 Å². The predicted molar refractivity (Wildman–Crippen MR) is 148 cm³/mol. The van der Waals surface area contributed by atoms with Crippen LogP contribution in [0.5, 0.6) is 0 Å². The van der Waals surface area contributed by atoms with Crippen LogP contribution in [0.15, 0.2) is 48.7 Å². The van der Waals surface area contributed by atoms with Crippen LogP contribution < -0.4 is 15.5 Å². The van der Waals surface area contributed by atoms with Crippen molar-refractivity contribution in [2.24, 2.45) is 0 Å². The molecule has 2 heterocycles. The van der Waals surface area contributed by atoms with Gasteiger partial charge >= 0.3 is 0 Å². The van der Waals surface area contributed by atoms with Crippen molar-refractivity contribution in [2.75, 3.05) is 23.8 Å². The smallest absolute Gasteiger partial charge is 0.251 e. The second-order valence-corrected chi connectivity index (χ2v) is 11.8. The zero-order chi connectivity index (χ0) is 25.2. The molecule has 186 valence electrons. The van der Waals surface area contributed by atoms with Gasteiger partial charge in [-0.05, 0) is 74.1 Å². The molecule has 9 heteroatoms. The lowest BCUT2D eigenvalue weighted by Gasteiger charge is -2.30. The van der Waals surface area contributed by atoms with Gasteiger partial charge in [0, 0.05) is 43.1 Å². The van der Waals surface area contributed by atoms with E-state index in [9.17, 15) is 9.18 Å². The van der Waals surface area contributed by atoms with Gasteiger partial charge < -0.3 is 15.5 Å². The lowest BCUT2D eigenvalue weighted by molar-refractivity contribution is 0.0926. The second-order valence-electron chi connectivity index (χ2n) is 10.4. The SMILES string of the molecule is BC(C)(P)c1cn2c(NC3CCC(NC(=O)c4ccc(N(C)CC(C)F)cc4)CC3)cccc2n1. The standard InChI is InChI=1S/C26H36BFN5OP/c1-17(28)15-32(3)21-13-7-18(8-14-21)25(34)30-20-11-9-19(10-12-20)29-23-5-4-6-24-31-22(16-33(23)24)26(2,27)35/h4-8,13-14,16-17,19-20,29H,9-12,15,27,35H2,1-3H3,(H,30,34). The number of imidazole rings is 1. The van der Waals surface area contributed by atoms with Gasteiger partial charge in [0.2, 0.25) is 0 Å². The van der Waals surface area contributed by atoms with E-state index in [1.165, 1.54) is 0 Å². The molecular formula is C26H36BFN5OP. The minimum Gasteiger partial charge on any atom is -0.372 e. The fourth-order valence-corrected chi connectivity index (χ4v) is 4.79. The second kappa shape index (κ2) is 10.6. The number of halogens is 1. The van der Waals surface area contributed by atoms with Crippen molar-refractivity contribution >= 4 is 40.1 Å². The van der Waals surface area contributed by atoms with Crippen LogP contribution >= 0.6 is 9.24 Å². The number of rotatable bonds is 8. The number of aromatic nitrogens is 2. The van der Waals surface area contributed by atoms with E-state index in [4.69, 9.17) is 4.98 Å². The summed E-state index contributed by atoms with van der Waals surface area (Å²) in [6.07, 6.45) is 5.05. The van der Waals surface area contributed by atoms with E-state index in [1.54, 1.807) is 6.92 Å². The number of hydrogen-bond donors (Lipinski definition) is 2. The summed E-state index contributed by atoms with van der Waals surface area (Å²) in [7, 11) is 6.85. The average molecular weight is 495 g/mol. The van der Waals surface area contributed by atoms with Crippen LogP contribution in [-0.4, -0.2) is 55.0 Å². The fraction of sp³-hybridized carbons (Fsp3) is 0.462. The monoisotopic (exact) mass is 495 g/mol. The molecule has 35 heavy (non-hydrogen) atoms. The van der Waals surface area contributed by atoms with E-state index in [0.29, 0.717) is 18.2 Å². The van der Waals surface area contributed by atoms with Crippen molar-refractivity contribution in [3.63, 3.8) is 0 Å². The van der Waals surface area contributed by atoms with Gasteiger partial charge in [-0.2, -0.15) is 0 Å². The van der Waals surface area contributed by atoms with Gasteiger partial charge in [0.05, 0.1) is 5.69 Å². The third-order valence-corrected chi connectivity index (χ3v) is 6.96. The maximum absolute atomic E-state index is 13.3. The molecule has 3 atom stereocenters. The number of benzene rings is 1. The van der Waals surface area contributed by atoms with Gasteiger partial charge in [-0.15, -0.1) is 9.24 Å². The molecule has 0 bridgehead atoms. The fourth-order valence-electron chi connectivity index (χ4n) is 4.65. The molecule has 0 saturated heterocycles. The summed E-state index contributed by atoms with van der Waals surface area (Å²) in [5.74, 6) is 1.00. The Hall–Kier alpha value is -2.60. The lowest BCUT2D eigenvalue weighted by Crippen LogP contribution is -2.40. The maximum atomic E-state index is 13.3. The zero-order valence-electron chi connectivity index (χ0n) is 21.1. The van der Waals surface area contributed by atoms with Gasteiger partial charge in [-0.3, -0.25) is 9.20 Å². The van der Waals surface area contributed by atoms with Crippen molar-refractivity contribution < 1.29 is 9.18 Å². The molecule has 3 aromatic rings. The number of pyridine rings is 1. The van der Waals surface area contributed by atoms with Crippen LogP contribution in [0.25, 0.3) is 5.65 Å². The lowest BCUT2D eigenvalue weighted by atomic mass is 9.85. The van der Waals surface area contributed by atoms with Crippen LogP contribution in [0.2, 0.25) is 0 Å². The molecule has 1 fully saturated rings. The molecule has 6 nitrogen and oxygen atoms in total. The van der Waals surface area contributed by atoms with Gasteiger partial charge in [0.25, 0.3) is 5.91 Å². The van der Waals surface area contributed by atoms with Crippen LogP contribution in [-0.2, 0) is 5.06 Å². The molecule has 1 aromatic carbocycles. The summed E-state index contributed by atoms with van der Waals surface area (Å²) in [5.41, 5.74) is 3.52. The zero-order valence-corrected chi connectivity index (χ0v) is 22.2. The molecular weight excluding hydrogens is 459 g/mol. The molecule has 0 spiro atoms. The highest BCUT2D eigenvalue weighted by atomic mass is 31.0. The Balaban J connectivity index is 1.31. The highest BCUT2D eigenvalue weighted by Gasteiger charge is 2.24. The molecule has 1 saturated carbocycles. The van der Waals surface area contributed by atoms with Crippen molar-refractivity contribution in [1.82, 2.24) is 14.7 Å². The molecule has 1 amide bonds. The third-order valence-electron chi connectivity index (χ3n) is 6.66. The largest absolute Gasteiger partial charge is 0.372 e. The van der Waals surface area contributed by atoms with Crippen molar-refractivity contribution in [3.8, 4) is 0 Å². The third kappa shape index (κ3) is 6.35. The number of carbonyl (C=O) groups excluding carboxylic acids is 1. The molecule has 4 rings (SSSR count). The number of carbonyl (C=O) groups is 1. The maximum Gasteiger partial charge on any atom is 0.251 e. The number of anilines is 2. The van der Waals surface area contributed by atoms with E-state index in [2.05, 4.69) is 51.3 Å². The molecule has 0 radical (unpaired) electrons. The Bertz CT molecular complexity index is 1150. The number of amides is 1. The number of nitrogens with zero attached hydrogens (tertiary/aromatic N) is 3. The molecule has 3 unspecified atom stereocenters. The summed E-state index contributed by atoms with van der Waals surface area (Å²) in [6, 6.07) is 14.1. The van der Waals surface area contributed by atoms with Crippen LogP contribution in [0.1, 0.15) is 55.6 Å². The first-order valence-electron chi connectivity index (χ1n) is 12.4. The minimum atomic E-state index is -0.902. The van der Waals surface area contributed by atoms with Gasteiger partial charge in [0.15, 0.2) is 0 Å². The Morgan fingerprint density at radius 2 is 1.89 bits per heavy atom. The molecule has 2 N–H and O–H groups in total. The topological polar surface area (TPSA) is 61.7 Å². The Kier molecular flexibility index (Phi) is 7.70. The highest BCUT2D eigenvalue weighted by Crippen LogP contribution is 2.29. The van der Waals surface area contributed by atoms with Gasteiger partial charge in [0.1, 0.15) is 25.5 Å². The Morgan fingerprint density at radius 1 is 1.23 bits per heavy atom. The molecule has 2 aromatic heterocycles. The number of nitrogens with one attached hydrogen (secondary N) is 2. The number of hydrogen-bond acceptors (Lipinski definition) is 4. The first-order chi connectivity index (χ1) is 16.6. The van der Waals surface area contributed by atoms with E-state index in [1.807, 2.05) is 48.3 Å². The van der Waals surface area contributed by atoms with Crippen LogP contribution in [0, 0.1) is 0 Å². The molecule has 1 aliphatic carbocycles. The Labute approximate surface area is 210 Å². The number of fused-ring (bicyclic) bond motifs is 1. The molecule has 0 aliphatic heterocycles. The minimum absolute atomic E-state index is 0.0507. The highest BCUT2D eigenvalue weighted by molar-refractivity contribution is 7.21. The summed E-state index contributed by atoms with van der Waals surface area (Å²) in [6.45, 7) is 4.01. The van der Waals surface area contributed by atoms with Gasteiger partial charge in [-0.1, -0.05) is 13.0 Å². The van der Waals surface area contributed by atoms with E-state index < -0.39 is 6.17 Å². The first kappa shape index (κ1) is 25.5. The first-order valence-corrected chi connectivity index (χ1v) is 13.0. The van der Waals surface area contributed by atoms with Crippen LogP contribution in [0.4, 0.5) is 15.9 Å². The van der Waals surface area contributed by atoms with Crippen molar-refractivity contribution in [1.29, 1.82) is 0 Å². The number of alkyl halides is 1. The average Bonchev–Trinajstić information content (AvgIpc) is 3.26. The van der Waals surface area contributed by atoms with Crippen LogP contribution in [0.3, 0.4) is 0 Å².